The molecule has 1 fully saturated rings. The fourth-order valence-electron chi connectivity index (χ4n) is 2.18. The number of nitrogens with two attached hydrogens (primary N) is 1. The number of fused-ring (bicyclic) bond motifs is 1. The fraction of sp³-hybridized carbons (Fsp3) is 0.308. The number of nitrogen functional groups attached to an aromatic ring is 1. The van der Waals surface area contributed by atoms with Crippen molar-refractivity contribution in [2.24, 2.45) is 0 Å². The van der Waals surface area contributed by atoms with Gasteiger partial charge in [-0.3, -0.25) is 14.9 Å². The minimum absolute atomic E-state index is 0.710. The molecule has 0 radical (unpaired) electrons. The summed E-state index contributed by atoms with van der Waals surface area (Å²) in [6, 6.07) is 7.86. The Bertz CT molecular complexity index is 535. The van der Waals surface area contributed by atoms with Crippen LogP contribution in [-0.4, -0.2) is 18.1 Å². The molecule has 3 rings (SSSR count). The van der Waals surface area contributed by atoms with Gasteiger partial charge in [-0.25, -0.2) is 0 Å². The van der Waals surface area contributed by atoms with E-state index in [-0.39, 0.29) is 0 Å². The van der Waals surface area contributed by atoms with Gasteiger partial charge in [-0.2, -0.15) is 0 Å². The molecule has 1 aromatic heterocycles. The van der Waals surface area contributed by atoms with Gasteiger partial charge in [0.25, 0.3) is 0 Å². The molecule has 4 heteroatoms. The van der Waals surface area contributed by atoms with Gasteiger partial charge in [0, 0.05) is 18.1 Å². The minimum Gasteiger partial charge on any atom is -0.397 e. The molecule has 2 aromatic rings. The normalized spacial score (nSPS) is 16.4. The maximum absolute atomic E-state index is 5.93. The monoisotopic (exact) mass is 229 g/mol. The first-order chi connectivity index (χ1) is 8.36. The van der Waals surface area contributed by atoms with Crippen molar-refractivity contribution in [3.63, 3.8) is 0 Å². The third-order valence-corrected chi connectivity index (χ3v) is 3.05. The van der Waals surface area contributed by atoms with Crippen molar-refractivity contribution in [1.29, 1.82) is 0 Å². The zero-order valence-corrected chi connectivity index (χ0v) is 9.60. The lowest BCUT2D eigenvalue weighted by molar-refractivity contribution is 0.0784. The zero-order chi connectivity index (χ0) is 11.7. The van der Waals surface area contributed by atoms with Crippen molar-refractivity contribution in [2.75, 3.05) is 23.9 Å². The lowest BCUT2D eigenvalue weighted by Crippen LogP contribution is -2.29. The summed E-state index contributed by atoms with van der Waals surface area (Å²) in [5.41, 5.74) is 8.55. The predicted octanol–water partition coefficient (Wildman–Crippen LogP) is 2.35. The summed E-state index contributed by atoms with van der Waals surface area (Å²) in [7, 11) is 0. The van der Waals surface area contributed by atoms with Crippen LogP contribution >= 0.6 is 0 Å². The van der Waals surface area contributed by atoms with Crippen molar-refractivity contribution < 1.29 is 4.84 Å². The maximum Gasteiger partial charge on any atom is 0.0952 e. The number of hydrogen-bond acceptors (Lipinski definition) is 4. The number of hydrogen-bond donors (Lipinski definition) is 1. The van der Waals surface area contributed by atoms with Gasteiger partial charge in [0.15, 0.2) is 0 Å². The standard InChI is InChI=1S/C13H15N3O/c14-11-5-6-12(16-8-1-2-9-17-16)10-4-3-7-15-13(10)11/h3-7H,1-2,8-9,14H2. The Balaban J connectivity index is 2.12. The number of anilines is 2. The lowest BCUT2D eigenvalue weighted by atomic mass is 10.1. The Morgan fingerprint density at radius 3 is 3.00 bits per heavy atom. The van der Waals surface area contributed by atoms with E-state index in [4.69, 9.17) is 10.6 Å². The number of pyridine rings is 1. The molecule has 0 aliphatic carbocycles. The van der Waals surface area contributed by atoms with Crippen molar-refractivity contribution in [2.45, 2.75) is 12.8 Å². The molecule has 0 atom stereocenters. The highest BCUT2D eigenvalue weighted by atomic mass is 16.7. The summed E-state index contributed by atoms with van der Waals surface area (Å²) in [5, 5.41) is 3.00. The summed E-state index contributed by atoms with van der Waals surface area (Å²) < 4.78 is 0. The van der Waals surface area contributed by atoms with E-state index in [0.29, 0.717) is 5.69 Å². The van der Waals surface area contributed by atoms with Crippen LogP contribution in [0.3, 0.4) is 0 Å². The van der Waals surface area contributed by atoms with Gasteiger partial charge in [0.2, 0.25) is 0 Å². The van der Waals surface area contributed by atoms with Crippen LogP contribution in [0, 0.1) is 0 Å². The molecule has 4 nitrogen and oxygen atoms in total. The van der Waals surface area contributed by atoms with E-state index < -0.39 is 0 Å². The van der Waals surface area contributed by atoms with Crippen LogP contribution in [0.25, 0.3) is 10.9 Å². The van der Waals surface area contributed by atoms with E-state index in [1.165, 1.54) is 0 Å². The molecule has 2 heterocycles. The van der Waals surface area contributed by atoms with Crippen molar-refractivity contribution in [1.82, 2.24) is 4.98 Å². The molecule has 0 unspecified atom stereocenters. The first-order valence-electron chi connectivity index (χ1n) is 5.90. The van der Waals surface area contributed by atoms with Crippen LogP contribution in [0.1, 0.15) is 12.8 Å². The maximum atomic E-state index is 5.93. The Labute approximate surface area is 100.0 Å². The summed E-state index contributed by atoms with van der Waals surface area (Å²) in [5.74, 6) is 0. The molecule has 1 aliphatic rings. The van der Waals surface area contributed by atoms with E-state index >= 15 is 0 Å². The summed E-state index contributed by atoms with van der Waals surface area (Å²) in [6.07, 6.45) is 4.05. The van der Waals surface area contributed by atoms with Gasteiger partial charge < -0.3 is 5.73 Å². The topological polar surface area (TPSA) is 51.4 Å². The minimum atomic E-state index is 0.710. The second-order valence-corrected chi connectivity index (χ2v) is 4.22. The van der Waals surface area contributed by atoms with E-state index in [1.807, 2.05) is 29.3 Å². The number of hydroxylamine groups is 1. The van der Waals surface area contributed by atoms with Crippen molar-refractivity contribution in [3.05, 3.63) is 30.5 Å². The van der Waals surface area contributed by atoms with Gasteiger partial charge in [-0.15, -0.1) is 0 Å². The molecule has 0 bridgehead atoms. The van der Waals surface area contributed by atoms with Crippen LogP contribution in [0.4, 0.5) is 11.4 Å². The highest BCUT2D eigenvalue weighted by Gasteiger charge is 2.15. The smallest absolute Gasteiger partial charge is 0.0952 e. The van der Waals surface area contributed by atoms with Crippen LogP contribution < -0.4 is 10.8 Å². The molecular formula is C13H15N3O. The van der Waals surface area contributed by atoms with E-state index in [9.17, 15) is 0 Å². The van der Waals surface area contributed by atoms with Gasteiger partial charge in [0.1, 0.15) is 0 Å². The Morgan fingerprint density at radius 1 is 1.24 bits per heavy atom. The lowest BCUT2D eigenvalue weighted by Gasteiger charge is -2.28. The SMILES string of the molecule is Nc1ccc(N2CCCCO2)c2cccnc12. The van der Waals surface area contributed by atoms with Crippen LogP contribution in [0.15, 0.2) is 30.5 Å². The molecular weight excluding hydrogens is 214 g/mol. The highest BCUT2D eigenvalue weighted by Crippen LogP contribution is 2.30. The number of benzene rings is 1. The van der Waals surface area contributed by atoms with Gasteiger partial charge in [-0.05, 0) is 37.1 Å². The number of rotatable bonds is 1. The third-order valence-electron chi connectivity index (χ3n) is 3.05. The number of nitrogens with zero attached hydrogens (tertiary/aromatic N) is 2. The molecule has 88 valence electrons. The molecule has 0 amide bonds. The van der Waals surface area contributed by atoms with Crippen molar-refractivity contribution >= 4 is 22.3 Å². The van der Waals surface area contributed by atoms with Crippen LogP contribution in [0.5, 0.6) is 0 Å². The molecule has 0 spiro atoms. The largest absolute Gasteiger partial charge is 0.397 e. The van der Waals surface area contributed by atoms with Crippen molar-refractivity contribution in [3.8, 4) is 0 Å². The summed E-state index contributed by atoms with van der Waals surface area (Å²) in [4.78, 5) is 10.0. The first-order valence-corrected chi connectivity index (χ1v) is 5.90. The molecule has 0 saturated carbocycles. The molecule has 1 aromatic carbocycles. The second-order valence-electron chi connectivity index (χ2n) is 4.22. The fourth-order valence-corrected chi connectivity index (χ4v) is 2.18. The molecule has 2 N–H and O–H groups in total. The zero-order valence-electron chi connectivity index (χ0n) is 9.60. The Kier molecular flexibility index (Phi) is 2.57. The highest BCUT2D eigenvalue weighted by molar-refractivity contribution is 5.98. The van der Waals surface area contributed by atoms with Gasteiger partial charge >= 0.3 is 0 Å². The average molecular weight is 229 g/mol. The average Bonchev–Trinajstić information content (AvgIpc) is 2.41. The van der Waals surface area contributed by atoms with Crippen LogP contribution in [-0.2, 0) is 4.84 Å². The third kappa shape index (κ3) is 1.80. The summed E-state index contributed by atoms with van der Waals surface area (Å²) >= 11 is 0. The Morgan fingerprint density at radius 2 is 2.18 bits per heavy atom. The summed E-state index contributed by atoms with van der Waals surface area (Å²) in [6.45, 7) is 1.71. The predicted molar refractivity (Wildman–Crippen MR) is 68.7 cm³/mol. The van der Waals surface area contributed by atoms with Gasteiger partial charge in [0.05, 0.1) is 23.5 Å². The van der Waals surface area contributed by atoms with Gasteiger partial charge in [-0.1, -0.05) is 0 Å². The molecule has 1 aliphatic heterocycles. The second kappa shape index (κ2) is 4.22. The van der Waals surface area contributed by atoms with Crippen LogP contribution in [0.2, 0.25) is 0 Å². The first kappa shape index (κ1) is 10.4. The van der Waals surface area contributed by atoms with E-state index in [0.717, 1.165) is 42.6 Å². The quantitative estimate of drug-likeness (QED) is 0.763. The number of aromatic nitrogens is 1. The Hall–Kier alpha value is -1.81. The molecule has 17 heavy (non-hydrogen) atoms. The van der Waals surface area contributed by atoms with E-state index in [1.54, 1.807) is 6.20 Å². The molecule has 1 saturated heterocycles. The van der Waals surface area contributed by atoms with E-state index in [2.05, 4.69) is 4.98 Å².